The first kappa shape index (κ1) is 12.4. The molecule has 1 fully saturated rings. The molecule has 1 aliphatic carbocycles. The Morgan fingerprint density at radius 2 is 1.94 bits per heavy atom. The summed E-state index contributed by atoms with van der Waals surface area (Å²) in [6.07, 6.45) is 5.36. The molecule has 17 heavy (non-hydrogen) atoms. The van der Waals surface area contributed by atoms with Crippen LogP contribution >= 0.6 is 0 Å². The molecule has 2 rings (SSSR count). The fourth-order valence-electron chi connectivity index (χ4n) is 2.67. The van der Waals surface area contributed by atoms with Crippen LogP contribution in [0.25, 0.3) is 0 Å². The van der Waals surface area contributed by atoms with Gasteiger partial charge in [-0.2, -0.15) is 0 Å². The smallest absolute Gasteiger partial charge is 0.0342 e. The SMILES string of the molecule is CNC1CCC(CNc2cccc(C)c2)CC1. The monoisotopic (exact) mass is 232 g/mol. The van der Waals surface area contributed by atoms with Crippen molar-refractivity contribution in [2.75, 3.05) is 18.9 Å². The highest BCUT2D eigenvalue weighted by atomic mass is 14.9. The second kappa shape index (κ2) is 6.06. The fraction of sp³-hybridized carbons (Fsp3) is 0.600. The Balaban J connectivity index is 1.76. The molecule has 0 unspecified atom stereocenters. The second-order valence-electron chi connectivity index (χ2n) is 5.26. The molecule has 1 aromatic carbocycles. The molecular formula is C15H24N2. The average molecular weight is 232 g/mol. The number of nitrogens with one attached hydrogen (secondary N) is 2. The molecule has 0 radical (unpaired) electrons. The molecule has 1 saturated carbocycles. The van der Waals surface area contributed by atoms with Gasteiger partial charge in [0.2, 0.25) is 0 Å². The number of benzene rings is 1. The minimum absolute atomic E-state index is 0.755. The average Bonchev–Trinajstić information content (AvgIpc) is 2.37. The van der Waals surface area contributed by atoms with Crippen LogP contribution in [-0.2, 0) is 0 Å². The van der Waals surface area contributed by atoms with Gasteiger partial charge in [0.25, 0.3) is 0 Å². The minimum Gasteiger partial charge on any atom is -0.385 e. The molecule has 0 bridgehead atoms. The molecule has 0 aromatic heterocycles. The van der Waals surface area contributed by atoms with Crippen LogP contribution in [-0.4, -0.2) is 19.6 Å². The Bertz CT molecular complexity index is 341. The van der Waals surface area contributed by atoms with E-state index in [0.717, 1.165) is 18.5 Å². The van der Waals surface area contributed by atoms with E-state index < -0.39 is 0 Å². The highest BCUT2D eigenvalue weighted by Gasteiger charge is 2.19. The lowest BCUT2D eigenvalue weighted by Crippen LogP contribution is -2.32. The molecule has 0 spiro atoms. The summed E-state index contributed by atoms with van der Waals surface area (Å²) >= 11 is 0. The van der Waals surface area contributed by atoms with E-state index in [1.807, 2.05) is 0 Å². The number of hydrogen-bond donors (Lipinski definition) is 2. The van der Waals surface area contributed by atoms with Gasteiger partial charge in [0.1, 0.15) is 0 Å². The van der Waals surface area contributed by atoms with E-state index in [0.29, 0.717) is 0 Å². The Kier molecular flexibility index (Phi) is 4.43. The predicted molar refractivity (Wildman–Crippen MR) is 74.5 cm³/mol. The van der Waals surface area contributed by atoms with Crippen LogP contribution in [0, 0.1) is 12.8 Å². The molecule has 2 N–H and O–H groups in total. The molecule has 0 aliphatic heterocycles. The first-order chi connectivity index (χ1) is 8.28. The zero-order valence-electron chi connectivity index (χ0n) is 11.0. The number of hydrogen-bond acceptors (Lipinski definition) is 2. The maximum Gasteiger partial charge on any atom is 0.0342 e. The van der Waals surface area contributed by atoms with Gasteiger partial charge < -0.3 is 10.6 Å². The summed E-state index contributed by atoms with van der Waals surface area (Å²) in [6, 6.07) is 9.40. The van der Waals surface area contributed by atoms with Gasteiger partial charge in [0.05, 0.1) is 0 Å². The molecule has 1 aromatic rings. The zero-order chi connectivity index (χ0) is 12.1. The number of anilines is 1. The predicted octanol–water partition coefficient (Wildman–Crippen LogP) is 3.19. The van der Waals surface area contributed by atoms with Crippen molar-refractivity contribution in [2.45, 2.75) is 38.6 Å². The van der Waals surface area contributed by atoms with Crippen molar-refractivity contribution in [3.63, 3.8) is 0 Å². The molecule has 0 heterocycles. The Morgan fingerprint density at radius 3 is 2.59 bits per heavy atom. The van der Waals surface area contributed by atoms with Crippen LogP contribution in [0.2, 0.25) is 0 Å². The molecular weight excluding hydrogens is 208 g/mol. The maximum atomic E-state index is 3.57. The Hall–Kier alpha value is -1.02. The zero-order valence-corrected chi connectivity index (χ0v) is 11.0. The fourth-order valence-corrected chi connectivity index (χ4v) is 2.67. The van der Waals surface area contributed by atoms with Crippen molar-refractivity contribution < 1.29 is 0 Å². The lowest BCUT2D eigenvalue weighted by molar-refractivity contribution is 0.312. The van der Waals surface area contributed by atoms with Gasteiger partial charge in [-0.15, -0.1) is 0 Å². The van der Waals surface area contributed by atoms with Gasteiger partial charge in [-0.05, 0) is 63.3 Å². The summed E-state index contributed by atoms with van der Waals surface area (Å²) in [5, 5.41) is 6.95. The summed E-state index contributed by atoms with van der Waals surface area (Å²) < 4.78 is 0. The first-order valence-corrected chi connectivity index (χ1v) is 6.75. The topological polar surface area (TPSA) is 24.1 Å². The van der Waals surface area contributed by atoms with E-state index in [2.05, 4.69) is 48.9 Å². The van der Waals surface area contributed by atoms with Crippen molar-refractivity contribution in [2.24, 2.45) is 5.92 Å². The van der Waals surface area contributed by atoms with E-state index in [-0.39, 0.29) is 0 Å². The molecule has 0 atom stereocenters. The standard InChI is InChI=1S/C15H24N2/c1-12-4-3-5-15(10-12)17-11-13-6-8-14(16-2)9-7-13/h3-5,10,13-14,16-17H,6-9,11H2,1-2H3. The van der Waals surface area contributed by atoms with E-state index in [1.165, 1.54) is 36.9 Å². The van der Waals surface area contributed by atoms with Gasteiger partial charge in [-0.25, -0.2) is 0 Å². The number of rotatable bonds is 4. The van der Waals surface area contributed by atoms with Gasteiger partial charge in [0, 0.05) is 18.3 Å². The van der Waals surface area contributed by atoms with Gasteiger partial charge >= 0.3 is 0 Å². The molecule has 0 saturated heterocycles. The van der Waals surface area contributed by atoms with Crippen molar-refractivity contribution in [1.29, 1.82) is 0 Å². The van der Waals surface area contributed by atoms with Crippen LogP contribution in [0.4, 0.5) is 5.69 Å². The Morgan fingerprint density at radius 1 is 1.18 bits per heavy atom. The third-order valence-electron chi connectivity index (χ3n) is 3.87. The summed E-state index contributed by atoms with van der Waals surface area (Å²) in [7, 11) is 2.08. The summed E-state index contributed by atoms with van der Waals surface area (Å²) in [5.41, 5.74) is 2.59. The van der Waals surface area contributed by atoms with Crippen molar-refractivity contribution in [1.82, 2.24) is 5.32 Å². The quantitative estimate of drug-likeness (QED) is 0.833. The summed E-state index contributed by atoms with van der Waals surface area (Å²) in [5.74, 6) is 0.847. The number of aryl methyl sites for hydroxylation is 1. The second-order valence-corrected chi connectivity index (χ2v) is 5.26. The maximum absolute atomic E-state index is 3.57. The lowest BCUT2D eigenvalue weighted by Gasteiger charge is -2.28. The molecule has 0 amide bonds. The van der Waals surface area contributed by atoms with E-state index in [1.54, 1.807) is 0 Å². The van der Waals surface area contributed by atoms with Crippen LogP contribution in [0.3, 0.4) is 0 Å². The van der Waals surface area contributed by atoms with Crippen LogP contribution in [0.15, 0.2) is 24.3 Å². The van der Waals surface area contributed by atoms with Crippen molar-refractivity contribution in [3.05, 3.63) is 29.8 Å². The molecule has 2 nitrogen and oxygen atoms in total. The van der Waals surface area contributed by atoms with Crippen molar-refractivity contribution in [3.8, 4) is 0 Å². The van der Waals surface area contributed by atoms with Crippen LogP contribution in [0.5, 0.6) is 0 Å². The normalized spacial score (nSPS) is 24.6. The molecule has 2 heteroatoms. The third kappa shape index (κ3) is 3.74. The lowest BCUT2D eigenvalue weighted by atomic mass is 9.86. The highest BCUT2D eigenvalue weighted by molar-refractivity contribution is 5.45. The first-order valence-electron chi connectivity index (χ1n) is 6.75. The van der Waals surface area contributed by atoms with Gasteiger partial charge in [0.15, 0.2) is 0 Å². The van der Waals surface area contributed by atoms with Gasteiger partial charge in [-0.3, -0.25) is 0 Å². The van der Waals surface area contributed by atoms with Gasteiger partial charge in [-0.1, -0.05) is 12.1 Å². The largest absolute Gasteiger partial charge is 0.385 e. The van der Waals surface area contributed by atoms with Crippen LogP contribution < -0.4 is 10.6 Å². The highest BCUT2D eigenvalue weighted by Crippen LogP contribution is 2.24. The molecule has 94 valence electrons. The minimum atomic E-state index is 0.755. The van der Waals surface area contributed by atoms with Crippen LogP contribution in [0.1, 0.15) is 31.2 Å². The van der Waals surface area contributed by atoms with E-state index in [4.69, 9.17) is 0 Å². The van der Waals surface area contributed by atoms with Crippen molar-refractivity contribution >= 4 is 5.69 Å². The third-order valence-corrected chi connectivity index (χ3v) is 3.87. The summed E-state index contributed by atoms with van der Waals surface area (Å²) in [6.45, 7) is 3.27. The Labute approximate surface area is 105 Å². The van der Waals surface area contributed by atoms with E-state index in [9.17, 15) is 0 Å². The van der Waals surface area contributed by atoms with E-state index >= 15 is 0 Å². The summed E-state index contributed by atoms with van der Waals surface area (Å²) in [4.78, 5) is 0. The molecule has 1 aliphatic rings.